The second-order valence-electron chi connectivity index (χ2n) is 5.23. The van der Waals surface area contributed by atoms with Gasteiger partial charge in [-0.15, -0.1) is 0 Å². The summed E-state index contributed by atoms with van der Waals surface area (Å²) in [6, 6.07) is 5.29. The van der Waals surface area contributed by atoms with Crippen molar-refractivity contribution >= 4 is 51.8 Å². The van der Waals surface area contributed by atoms with Crippen molar-refractivity contribution in [2.45, 2.75) is 13.8 Å². The molecule has 2 atom stereocenters. The summed E-state index contributed by atoms with van der Waals surface area (Å²) < 4.78 is 0.946. The smallest absolute Gasteiger partial charge is 0.307 e. The van der Waals surface area contributed by atoms with E-state index in [1.807, 2.05) is 6.07 Å². The molecule has 2 rings (SSSR count). The number of carbonyl (C=O) groups excluding carboxylic acids is 1. The van der Waals surface area contributed by atoms with Gasteiger partial charge in [-0.1, -0.05) is 25.4 Å². The largest absolute Gasteiger partial charge is 0.481 e. The van der Waals surface area contributed by atoms with Gasteiger partial charge in [-0.3, -0.25) is 9.59 Å². The highest BCUT2D eigenvalue weighted by molar-refractivity contribution is 14.1. The maximum atomic E-state index is 12.1. The number of nitrogens with one attached hydrogen (secondary N) is 1. The van der Waals surface area contributed by atoms with Crippen molar-refractivity contribution < 1.29 is 14.7 Å². The van der Waals surface area contributed by atoms with Crippen molar-refractivity contribution in [3.05, 3.63) is 26.8 Å². The summed E-state index contributed by atoms with van der Waals surface area (Å²) in [5.41, 5.74) is 0.00930. The van der Waals surface area contributed by atoms with Crippen LogP contribution in [0, 0.1) is 20.8 Å². The van der Waals surface area contributed by atoms with Crippen LogP contribution in [0.1, 0.15) is 13.8 Å². The molecule has 1 fully saturated rings. The predicted octanol–water partition coefficient (Wildman–Crippen LogP) is 3.24. The minimum absolute atomic E-state index is 0.290. The highest BCUT2D eigenvalue weighted by Gasteiger charge is 2.65. The Bertz CT molecular complexity index is 559. The number of hydrogen-bond acceptors (Lipinski definition) is 2. The number of hydrogen-bond donors (Lipinski definition) is 2. The first-order valence-electron chi connectivity index (χ1n) is 5.74. The molecule has 0 spiro atoms. The lowest BCUT2D eigenvalue weighted by molar-refractivity contribution is -0.140. The Hall–Kier alpha value is -0.820. The highest BCUT2D eigenvalue weighted by Crippen LogP contribution is 2.58. The number of carboxylic acids is 1. The number of amides is 1. The lowest BCUT2D eigenvalue weighted by Crippen LogP contribution is -2.18. The lowest BCUT2D eigenvalue weighted by atomic mass is 10.1. The average Bonchev–Trinajstić information content (AvgIpc) is 2.87. The highest BCUT2D eigenvalue weighted by atomic mass is 127. The van der Waals surface area contributed by atoms with Crippen LogP contribution in [-0.4, -0.2) is 17.0 Å². The van der Waals surface area contributed by atoms with Crippen LogP contribution in [0.3, 0.4) is 0 Å². The zero-order valence-electron chi connectivity index (χ0n) is 10.4. The number of rotatable bonds is 3. The van der Waals surface area contributed by atoms with Crippen molar-refractivity contribution in [1.29, 1.82) is 0 Å². The SMILES string of the molecule is CC1(C)C(C(=O)O)C1C(=O)Nc1cc(I)ccc1Cl. The number of halogens is 2. The van der Waals surface area contributed by atoms with Gasteiger partial charge < -0.3 is 10.4 Å². The van der Waals surface area contributed by atoms with Crippen LogP contribution in [0.4, 0.5) is 5.69 Å². The van der Waals surface area contributed by atoms with E-state index in [-0.39, 0.29) is 5.91 Å². The average molecular weight is 394 g/mol. The molecule has 0 saturated heterocycles. The molecule has 6 heteroatoms. The van der Waals surface area contributed by atoms with Crippen LogP contribution in [0.15, 0.2) is 18.2 Å². The second kappa shape index (κ2) is 4.94. The molecule has 4 nitrogen and oxygen atoms in total. The van der Waals surface area contributed by atoms with Gasteiger partial charge in [-0.2, -0.15) is 0 Å². The third-order valence-corrected chi connectivity index (χ3v) is 4.56. The van der Waals surface area contributed by atoms with E-state index in [0.29, 0.717) is 10.7 Å². The summed E-state index contributed by atoms with van der Waals surface area (Å²) in [5.74, 6) is -2.37. The van der Waals surface area contributed by atoms with Gasteiger partial charge in [-0.05, 0) is 46.2 Å². The number of benzene rings is 1. The normalized spacial score (nSPS) is 23.8. The minimum Gasteiger partial charge on any atom is -0.481 e. The molecule has 1 aliphatic rings. The number of aliphatic carboxylic acids is 1. The summed E-state index contributed by atoms with van der Waals surface area (Å²) in [4.78, 5) is 23.2. The molecular formula is C13H13ClINO3. The third-order valence-electron chi connectivity index (χ3n) is 3.56. The van der Waals surface area contributed by atoms with E-state index in [1.54, 1.807) is 26.0 Å². The van der Waals surface area contributed by atoms with E-state index < -0.39 is 23.2 Å². The van der Waals surface area contributed by atoms with Crippen LogP contribution in [0.2, 0.25) is 5.02 Å². The first kappa shape index (κ1) is 14.6. The van der Waals surface area contributed by atoms with Crippen LogP contribution < -0.4 is 5.32 Å². The monoisotopic (exact) mass is 393 g/mol. The Morgan fingerprint density at radius 2 is 2.00 bits per heavy atom. The van der Waals surface area contributed by atoms with E-state index >= 15 is 0 Å². The van der Waals surface area contributed by atoms with Crippen molar-refractivity contribution in [3.63, 3.8) is 0 Å². The quantitative estimate of drug-likeness (QED) is 0.775. The van der Waals surface area contributed by atoms with Gasteiger partial charge in [0.15, 0.2) is 0 Å². The van der Waals surface area contributed by atoms with E-state index in [2.05, 4.69) is 27.9 Å². The van der Waals surface area contributed by atoms with E-state index in [4.69, 9.17) is 16.7 Å². The molecule has 102 valence electrons. The standard InChI is InChI=1S/C13H13ClINO3/c1-13(2)9(10(13)12(18)19)11(17)16-8-5-6(15)3-4-7(8)14/h3-5,9-10H,1-2H3,(H,16,17)(H,18,19). The summed E-state index contributed by atoms with van der Waals surface area (Å²) >= 11 is 8.12. The number of carbonyl (C=O) groups is 2. The number of carboxylic acid groups (broad SMARTS) is 1. The fraction of sp³-hybridized carbons (Fsp3) is 0.385. The number of anilines is 1. The van der Waals surface area contributed by atoms with Gasteiger partial charge >= 0.3 is 5.97 Å². The van der Waals surface area contributed by atoms with Crippen molar-refractivity contribution in [2.75, 3.05) is 5.32 Å². The summed E-state index contributed by atoms with van der Waals surface area (Å²) in [6.45, 7) is 3.57. The van der Waals surface area contributed by atoms with E-state index in [0.717, 1.165) is 3.57 Å². The first-order valence-corrected chi connectivity index (χ1v) is 7.19. The first-order chi connectivity index (χ1) is 8.75. The second-order valence-corrected chi connectivity index (χ2v) is 6.88. The van der Waals surface area contributed by atoms with Gasteiger partial charge in [0.05, 0.1) is 22.5 Å². The lowest BCUT2D eigenvalue weighted by Gasteiger charge is -2.08. The van der Waals surface area contributed by atoms with Crippen LogP contribution in [0.5, 0.6) is 0 Å². The summed E-state index contributed by atoms with van der Waals surface area (Å²) in [6.07, 6.45) is 0. The molecule has 0 bridgehead atoms. The molecule has 1 aliphatic carbocycles. The molecule has 0 heterocycles. The Balaban J connectivity index is 2.15. The maximum Gasteiger partial charge on any atom is 0.307 e. The summed E-state index contributed by atoms with van der Waals surface area (Å²) in [7, 11) is 0. The van der Waals surface area contributed by atoms with Gasteiger partial charge in [0.1, 0.15) is 0 Å². The molecule has 1 aromatic rings. The molecular weight excluding hydrogens is 381 g/mol. The fourth-order valence-electron chi connectivity index (χ4n) is 2.39. The Morgan fingerprint density at radius 3 is 2.53 bits per heavy atom. The van der Waals surface area contributed by atoms with Crippen LogP contribution in [0.25, 0.3) is 0 Å². The van der Waals surface area contributed by atoms with Crippen molar-refractivity contribution in [3.8, 4) is 0 Å². The zero-order valence-corrected chi connectivity index (χ0v) is 13.3. The maximum absolute atomic E-state index is 12.1. The Labute approximate surface area is 129 Å². The van der Waals surface area contributed by atoms with Crippen molar-refractivity contribution in [2.24, 2.45) is 17.3 Å². The van der Waals surface area contributed by atoms with Crippen LogP contribution in [-0.2, 0) is 9.59 Å². The van der Waals surface area contributed by atoms with E-state index in [1.165, 1.54) is 0 Å². The minimum atomic E-state index is -0.932. The third kappa shape index (κ3) is 2.72. The fourth-order valence-corrected chi connectivity index (χ4v) is 3.05. The Morgan fingerprint density at radius 1 is 1.37 bits per heavy atom. The molecule has 2 unspecified atom stereocenters. The zero-order chi connectivity index (χ0) is 14.4. The van der Waals surface area contributed by atoms with Crippen molar-refractivity contribution in [1.82, 2.24) is 0 Å². The van der Waals surface area contributed by atoms with Gasteiger partial charge in [0.25, 0.3) is 0 Å². The predicted molar refractivity (Wildman–Crippen MR) is 81.2 cm³/mol. The molecule has 2 N–H and O–H groups in total. The van der Waals surface area contributed by atoms with Gasteiger partial charge in [0.2, 0.25) is 5.91 Å². The molecule has 1 amide bonds. The molecule has 19 heavy (non-hydrogen) atoms. The van der Waals surface area contributed by atoms with E-state index in [9.17, 15) is 9.59 Å². The Kier molecular flexibility index (Phi) is 3.79. The van der Waals surface area contributed by atoms with Gasteiger partial charge in [0, 0.05) is 3.57 Å². The molecule has 0 radical (unpaired) electrons. The van der Waals surface area contributed by atoms with Gasteiger partial charge in [-0.25, -0.2) is 0 Å². The molecule has 0 aromatic heterocycles. The topological polar surface area (TPSA) is 66.4 Å². The molecule has 1 saturated carbocycles. The molecule has 0 aliphatic heterocycles. The van der Waals surface area contributed by atoms with Crippen LogP contribution >= 0.6 is 34.2 Å². The molecule has 1 aromatic carbocycles. The summed E-state index contributed by atoms with van der Waals surface area (Å²) in [5, 5.41) is 12.2.